The number of halogens is 2. The third-order valence-corrected chi connectivity index (χ3v) is 0.605. The molecule has 0 saturated carbocycles. The number of hydrogen-bond donors (Lipinski definition) is 0. The average molecular weight is 270 g/mol. The van der Waals surface area contributed by atoms with E-state index in [2.05, 4.69) is 37.6 Å². The van der Waals surface area contributed by atoms with Crippen LogP contribution in [0.2, 0.25) is 0 Å². The Labute approximate surface area is 80.0 Å². The van der Waals surface area contributed by atoms with E-state index in [0.29, 0.717) is 0 Å². The van der Waals surface area contributed by atoms with Crippen molar-refractivity contribution in [1.29, 1.82) is 0 Å². The molecule has 0 aliphatic carbocycles. The zero-order valence-electron chi connectivity index (χ0n) is 6.03. The highest BCUT2D eigenvalue weighted by molar-refractivity contribution is 9.47. The molecule has 0 rings (SSSR count). The second-order valence-electron chi connectivity index (χ2n) is 1.76. The second-order valence-corrected chi connectivity index (χ2v) is 9.84. The summed E-state index contributed by atoms with van der Waals surface area (Å²) in [7, 11) is 4.09. The highest BCUT2D eigenvalue weighted by Crippen LogP contribution is 1.78. The summed E-state index contributed by atoms with van der Waals surface area (Å²) >= 11 is 6.44. The predicted molar refractivity (Wildman–Crippen MR) is 52.1 cm³/mol. The molecule has 0 aliphatic rings. The normalized spacial score (nSPS) is 7.78. The summed E-state index contributed by atoms with van der Waals surface area (Å²) in [6.45, 7) is 4.78. The van der Waals surface area contributed by atoms with Crippen LogP contribution in [-0.4, -0.2) is 41.6 Å². The molecule has 0 unspecified atom stereocenters. The van der Waals surface area contributed by atoms with E-state index in [9.17, 15) is 0 Å². The summed E-state index contributed by atoms with van der Waals surface area (Å²) in [4.78, 5) is 2.12. The van der Waals surface area contributed by atoms with Gasteiger partial charge in [-0.05, 0) is 27.1 Å². The molecule has 0 aromatic rings. The monoisotopic (exact) mass is 268 g/mol. The van der Waals surface area contributed by atoms with Crippen LogP contribution in [0.3, 0.4) is 0 Å². The molecular formula is C5H12Br2MgN. The summed E-state index contributed by atoms with van der Waals surface area (Å²) in [5.41, 5.74) is 0. The van der Waals surface area contributed by atoms with Crippen LogP contribution in [0.5, 0.6) is 0 Å². The topological polar surface area (TPSA) is 3.24 Å². The van der Waals surface area contributed by atoms with E-state index in [1.54, 1.807) is 0 Å². The molecule has 0 amide bonds. The van der Waals surface area contributed by atoms with Crippen LogP contribution in [-0.2, 0) is 0 Å². The van der Waals surface area contributed by atoms with Gasteiger partial charge in [0.15, 0.2) is 0 Å². The molecule has 4 heteroatoms. The minimum Gasteiger partial charge on any atom is -0.309 e. The molecular weight excluding hydrogens is 258 g/mol. The molecule has 0 bridgehead atoms. The first-order valence-electron chi connectivity index (χ1n) is 2.75. The molecule has 9 heavy (non-hydrogen) atoms. The fourth-order valence-corrected chi connectivity index (χ4v) is 0.316. The second kappa shape index (κ2) is 12.4. The van der Waals surface area contributed by atoms with Crippen molar-refractivity contribution in [3.63, 3.8) is 0 Å². The van der Waals surface area contributed by atoms with Crippen molar-refractivity contribution in [3.05, 3.63) is 6.92 Å². The summed E-state index contributed by atoms with van der Waals surface area (Å²) in [5, 5.41) is 0. The minimum absolute atomic E-state index is 0.0417. The number of rotatable bonds is 2. The van der Waals surface area contributed by atoms with Crippen LogP contribution in [0, 0.1) is 6.92 Å². The lowest BCUT2D eigenvalue weighted by molar-refractivity contribution is 0.416. The maximum Gasteiger partial charge on any atom is 0.560 e. The van der Waals surface area contributed by atoms with Gasteiger partial charge < -0.3 is 4.90 Å². The van der Waals surface area contributed by atoms with Gasteiger partial charge in [-0.15, -0.1) is 0 Å². The van der Waals surface area contributed by atoms with Crippen molar-refractivity contribution in [1.82, 2.24) is 4.90 Å². The quantitative estimate of drug-likeness (QED) is 0.694. The molecule has 0 N–H and O–H groups in total. The zero-order chi connectivity index (χ0) is 7.70. The Morgan fingerprint density at radius 1 is 1.44 bits per heavy atom. The third kappa shape index (κ3) is 26.1. The van der Waals surface area contributed by atoms with Gasteiger partial charge in [-0.2, -0.15) is 0 Å². The molecule has 0 heterocycles. The minimum atomic E-state index is 0.0417. The van der Waals surface area contributed by atoms with Crippen molar-refractivity contribution in [2.24, 2.45) is 0 Å². The number of nitrogens with zero attached hydrogens (tertiary/aromatic N) is 1. The van der Waals surface area contributed by atoms with Gasteiger partial charge in [0.2, 0.25) is 0 Å². The van der Waals surface area contributed by atoms with Crippen molar-refractivity contribution in [2.75, 3.05) is 20.6 Å². The van der Waals surface area contributed by atoms with Gasteiger partial charge in [0, 0.05) is 0 Å². The molecule has 0 aliphatic heterocycles. The van der Waals surface area contributed by atoms with Crippen molar-refractivity contribution >= 4 is 41.8 Å². The fraction of sp³-hybridized carbons (Fsp3) is 0.800. The van der Waals surface area contributed by atoms with Crippen LogP contribution in [0.1, 0.15) is 6.42 Å². The summed E-state index contributed by atoms with van der Waals surface area (Å²) < 4.78 is 0. The average Bonchev–Trinajstić information content (AvgIpc) is 1.67. The molecule has 0 aromatic carbocycles. The van der Waals surface area contributed by atoms with E-state index in [1.165, 1.54) is 0 Å². The van der Waals surface area contributed by atoms with Gasteiger partial charge in [-0.25, -0.2) is 0 Å². The van der Waals surface area contributed by atoms with E-state index in [4.69, 9.17) is 0 Å². The highest BCUT2D eigenvalue weighted by Gasteiger charge is 1.79. The Balaban J connectivity index is 0. The van der Waals surface area contributed by atoms with Gasteiger partial charge >= 0.3 is 16.0 Å². The van der Waals surface area contributed by atoms with Gasteiger partial charge in [0.25, 0.3) is 0 Å². The van der Waals surface area contributed by atoms with E-state index in [-0.39, 0.29) is 16.0 Å². The lowest BCUT2D eigenvalue weighted by atomic mass is 10.5. The van der Waals surface area contributed by atoms with Crippen molar-refractivity contribution < 1.29 is 0 Å². The summed E-state index contributed by atoms with van der Waals surface area (Å²) in [6.07, 6.45) is 1.01. The van der Waals surface area contributed by atoms with Crippen LogP contribution in [0.25, 0.3) is 0 Å². The summed E-state index contributed by atoms with van der Waals surface area (Å²) in [5.74, 6) is 0. The third-order valence-electron chi connectivity index (χ3n) is 0.605. The lowest BCUT2D eigenvalue weighted by Crippen LogP contribution is -2.11. The van der Waals surface area contributed by atoms with Crippen LogP contribution < -0.4 is 0 Å². The van der Waals surface area contributed by atoms with Gasteiger partial charge in [-0.1, -0.05) is 6.92 Å². The summed E-state index contributed by atoms with van der Waals surface area (Å²) in [6, 6.07) is 0. The standard InChI is InChI=1S/C5H12N.2BrH.Mg/c1-4-5-6(2)3;;;/h1,4-5H2,2-3H3;2*1H;/q;;;+2/p-2. The van der Waals surface area contributed by atoms with Crippen molar-refractivity contribution in [2.45, 2.75) is 6.42 Å². The van der Waals surface area contributed by atoms with Gasteiger partial charge in [0.05, 0.1) is 0 Å². The first-order valence-corrected chi connectivity index (χ1v) is 10.5. The maximum absolute atomic E-state index is 3.68. The molecule has 0 atom stereocenters. The van der Waals surface area contributed by atoms with Crippen LogP contribution >= 0.6 is 25.8 Å². The zero-order valence-corrected chi connectivity index (χ0v) is 10.6. The van der Waals surface area contributed by atoms with E-state index >= 15 is 0 Å². The van der Waals surface area contributed by atoms with E-state index < -0.39 is 0 Å². The Bertz CT molecular complexity index is 43.9. The van der Waals surface area contributed by atoms with Crippen LogP contribution in [0.15, 0.2) is 0 Å². The fourth-order valence-electron chi connectivity index (χ4n) is 0.316. The molecule has 1 nitrogen and oxygen atoms in total. The van der Waals surface area contributed by atoms with Gasteiger partial charge in [0.1, 0.15) is 0 Å². The smallest absolute Gasteiger partial charge is 0.309 e. The van der Waals surface area contributed by atoms with E-state index in [1.807, 2.05) is 14.1 Å². The van der Waals surface area contributed by atoms with E-state index in [0.717, 1.165) is 13.0 Å². The number of hydrogen-bond acceptors (Lipinski definition) is 1. The molecule has 1 radical (unpaired) electrons. The first kappa shape index (κ1) is 13.3. The highest BCUT2D eigenvalue weighted by atomic mass is 79.9. The molecule has 53 valence electrons. The Kier molecular flexibility index (Phi) is 18.3. The molecule has 0 spiro atoms. The van der Waals surface area contributed by atoms with Crippen LogP contribution in [0.4, 0.5) is 0 Å². The predicted octanol–water partition coefficient (Wildman–Crippen LogP) is 2.08. The largest absolute Gasteiger partial charge is 0.560 e. The molecule has 0 aromatic heterocycles. The Morgan fingerprint density at radius 2 is 1.78 bits per heavy atom. The Morgan fingerprint density at radius 3 is 1.78 bits per heavy atom. The SMILES string of the molecule is [Br][Mg][Br].[CH2]CCN(C)C. The first-order chi connectivity index (χ1) is 4.18. The Hall–Kier alpha value is 1.69. The van der Waals surface area contributed by atoms with Crippen molar-refractivity contribution in [3.8, 4) is 0 Å². The van der Waals surface area contributed by atoms with Gasteiger partial charge in [-0.3, -0.25) is 25.8 Å². The maximum atomic E-state index is 3.68. The molecule has 0 saturated heterocycles. The molecule has 0 fully saturated rings. The lowest BCUT2D eigenvalue weighted by Gasteiger charge is -2.03.